The van der Waals surface area contributed by atoms with Gasteiger partial charge < -0.3 is 20.3 Å². The van der Waals surface area contributed by atoms with Crippen LogP contribution in [0.25, 0.3) is 0 Å². The maximum atomic E-state index is 13.4. The lowest BCUT2D eigenvalue weighted by molar-refractivity contribution is -0.136. The topological polar surface area (TPSA) is 70.7 Å². The van der Waals surface area contributed by atoms with Gasteiger partial charge in [-0.05, 0) is 48.0 Å². The molecule has 0 fully saturated rings. The number of carbonyl (C=O) groups is 2. The molecule has 0 aliphatic carbocycles. The van der Waals surface area contributed by atoms with Crippen LogP contribution in [0.2, 0.25) is 0 Å². The molecular formula is C28H27N3O3S. The second-order valence-electron chi connectivity index (χ2n) is 8.30. The van der Waals surface area contributed by atoms with Gasteiger partial charge in [0.2, 0.25) is 5.91 Å². The Morgan fingerprint density at radius 1 is 0.943 bits per heavy atom. The fraction of sp³-hybridized carbons (Fsp3) is 0.179. The van der Waals surface area contributed by atoms with Crippen molar-refractivity contribution in [2.45, 2.75) is 18.9 Å². The Kier molecular flexibility index (Phi) is 7.27. The maximum Gasteiger partial charge on any atom is 0.337 e. The summed E-state index contributed by atoms with van der Waals surface area (Å²) in [5, 5.41) is 6.77. The molecule has 7 heteroatoms. The molecule has 35 heavy (non-hydrogen) atoms. The van der Waals surface area contributed by atoms with Gasteiger partial charge in [-0.25, -0.2) is 4.79 Å². The third-order valence-electron chi connectivity index (χ3n) is 6.20. The number of esters is 1. The molecule has 3 aromatic carbocycles. The van der Waals surface area contributed by atoms with Gasteiger partial charge >= 0.3 is 5.97 Å². The van der Waals surface area contributed by atoms with Crippen molar-refractivity contribution < 1.29 is 14.3 Å². The number of thiocarbonyl (C=S) groups is 1. The van der Waals surface area contributed by atoms with Crippen LogP contribution in [0.5, 0.6) is 0 Å². The minimum atomic E-state index is -0.447. The lowest BCUT2D eigenvalue weighted by Crippen LogP contribution is -2.46. The van der Waals surface area contributed by atoms with Crippen LogP contribution in [-0.4, -0.2) is 36.0 Å². The summed E-state index contributed by atoms with van der Waals surface area (Å²) in [6, 6.07) is 26.4. The van der Waals surface area contributed by atoms with E-state index in [4.69, 9.17) is 17.0 Å². The van der Waals surface area contributed by atoms with Gasteiger partial charge in [0.05, 0.1) is 24.6 Å². The summed E-state index contributed by atoms with van der Waals surface area (Å²) in [5.74, 6) is -0.985. The lowest BCUT2D eigenvalue weighted by Gasteiger charge is -2.35. The molecule has 178 valence electrons. The first-order valence-corrected chi connectivity index (χ1v) is 11.7. The molecule has 0 radical (unpaired) electrons. The molecule has 0 saturated heterocycles. The molecule has 0 aromatic heterocycles. The van der Waals surface area contributed by atoms with Crippen molar-refractivity contribution in [2.75, 3.05) is 19.5 Å². The van der Waals surface area contributed by atoms with E-state index in [0.717, 1.165) is 22.4 Å². The average molecular weight is 486 g/mol. The predicted octanol–water partition coefficient (Wildman–Crippen LogP) is 4.77. The van der Waals surface area contributed by atoms with Crippen molar-refractivity contribution in [3.8, 4) is 0 Å². The fourth-order valence-electron chi connectivity index (χ4n) is 4.22. The Hall–Kier alpha value is -3.97. The number of benzene rings is 3. The Labute approximate surface area is 210 Å². The quantitative estimate of drug-likeness (QED) is 0.387. The highest BCUT2D eigenvalue weighted by molar-refractivity contribution is 7.80. The number of methoxy groups -OCH3 is 1. The van der Waals surface area contributed by atoms with Crippen LogP contribution >= 0.6 is 12.2 Å². The van der Waals surface area contributed by atoms with E-state index in [1.807, 2.05) is 91.9 Å². The highest BCUT2D eigenvalue weighted by Gasteiger charge is 2.33. The molecule has 0 spiro atoms. The van der Waals surface area contributed by atoms with Crippen molar-refractivity contribution in [1.82, 2.24) is 10.2 Å². The Balaban J connectivity index is 1.59. The zero-order chi connectivity index (χ0) is 24.9. The Morgan fingerprint density at radius 2 is 1.49 bits per heavy atom. The monoisotopic (exact) mass is 485 g/mol. The molecule has 0 bridgehead atoms. The molecular weight excluding hydrogens is 458 g/mol. The van der Waals surface area contributed by atoms with Crippen LogP contribution < -0.4 is 10.6 Å². The summed E-state index contributed by atoms with van der Waals surface area (Å²) in [5.41, 5.74) is 4.55. The number of nitrogens with one attached hydrogen (secondary N) is 2. The zero-order valence-electron chi connectivity index (χ0n) is 19.8. The van der Waals surface area contributed by atoms with Crippen LogP contribution in [0.15, 0.2) is 96.2 Å². The number of hydrogen-bond donors (Lipinski definition) is 2. The van der Waals surface area contributed by atoms with E-state index in [2.05, 4.69) is 10.6 Å². The van der Waals surface area contributed by atoms with Crippen LogP contribution in [0.3, 0.4) is 0 Å². The molecule has 6 nitrogen and oxygen atoms in total. The molecule has 4 rings (SSSR count). The second-order valence-corrected chi connectivity index (χ2v) is 8.68. The number of allylic oxidation sites excluding steroid dienone is 1. The summed E-state index contributed by atoms with van der Waals surface area (Å²) < 4.78 is 5.02. The molecule has 0 saturated carbocycles. The molecule has 3 aromatic rings. The first-order valence-electron chi connectivity index (χ1n) is 11.2. The summed E-state index contributed by atoms with van der Waals surface area (Å²) in [7, 11) is 3.17. The summed E-state index contributed by atoms with van der Waals surface area (Å²) >= 11 is 5.43. The third kappa shape index (κ3) is 5.10. The summed E-state index contributed by atoms with van der Waals surface area (Å²) in [6.45, 7) is 1.84. The van der Waals surface area contributed by atoms with Gasteiger partial charge in [0.1, 0.15) is 0 Å². The fourth-order valence-corrected chi connectivity index (χ4v) is 4.47. The van der Waals surface area contributed by atoms with Gasteiger partial charge in [0.25, 0.3) is 0 Å². The number of rotatable bonds is 6. The van der Waals surface area contributed by atoms with Gasteiger partial charge in [0, 0.05) is 18.4 Å². The molecule has 1 aliphatic heterocycles. The van der Waals surface area contributed by atoms with Crippen LogP contribution in [0.1, 0.15) is 35.6 Å². The van der Waals surface area contributed by atoms with E-state index in [1.165, 1.54) is 7.11 Å². The minimum Gasteiger partial charge on any atom is -0.466 e. The zero-order valence-corrected chi connectivity index (χ0v) is 20.6. The number of anilines is 1. The number of hydrogen-bond acceptors (Lipinski definition) is 4. The van der Waals surface area contributed by atoms with Crippen LogP contribution in [0.4, 0.5) is 5.69 Å². The Bertz CT molecular complexity index is 1220. The highest BCUT2D eigenvalue weighted by atomic mass is 32.1. The predicted molar refractivity (Wildman–Crippen MR) is 141 cm³/mol. The smallest absolute Gasteiger partial charge is 0.337 e. The first kappa shape index (κ1) is 24.2. The summed E-state index contributed by atoms with van der Waals surface area (Å²) in [4.78, 5) is 27.7. The van der Waals surface area contributed by atoms with E-state index in [-0.39, 0.29) is 5.91 Å². The second kappa shape index (κ2) is 10.5. The van der Waals surface area contributed by atoms with Crippen LogP contribution in [-0.2, 0) is 14.3 Å². The first-order chi connectivity index (χ1) is 16.9. The summed E-state index contributed by atoms with van der Waals surface area (Å²) in [6.07, 6.45) is 0. The minimum absolute atomic E-state index is 0.125. The van der Waals surface area contributed by atoms with E-state index < -0.39 is 17.9 Å². The van der Waals surface area contributed by atoms with Gasteiger partial charge in [-0.15, -0.1) is 0 Å². The standard InChI is InChI=1S/C28H27N3O3S/c1-18-23(27(33)34-3)25(30-28(35)31(18)2)21-14-16-22(17-15-21)29-26(32)24(19-10-6-4-7-11-19)20-12-8-5-9-13-20/h4-17,24-25H,1-3H3,(H,29,32)(H,30,35). The van der Waals surface area contributed by atoms with Gasteiger partial charge in [0.15, 0.2) is 5.11 Å². The SMILES string of the molecule is COC(=O)C1=C(C)N(C)C(=S)NC1c1ccc(NC(=O)C(c2ccccc2)c2ccccc2)cc1. The van der Waals surface area contributed by atoms with Crippen molar-refractivity contribution in [3.63, 3.8) is 0 Å². The van der Waals surface area contributed by atoms with Crippen molar-refractivity contribution in [2.24, 2.45) is 0 Å². The molecule has 1 unspecified atom stereocenters. The normalized spacial score (nSPS) is 15.6. The average Bonchev–Trinajstić information content (AvgIpc) is 2.88. The molecule has 1 heterocycles. The molecule has 1 aliphatic rings. The molecule has 1 atom stereocenters. The Morgan fingerprint density at radius 3 is 2.00 bits per heavy atom. The van der Waals surface area contributed by atoms with E-state index in [9.17, 15) is 9.59 Å². The highest BCUT2D eigenvalue weighted by Crippen LogP contribution is 2.32. The van der Waals surface area contributed by atoms with E-state index in [0.29, 0.717) is 16.4 Å². The number of nitrogens with zero attached hydrogens (tertiary/aromatic N) is 1. The number of ether oxygens (including phenoxy) is 1. The molecule has 1 amide bonds. The van der Waals surface area contributed by atoms with Crippen LogP contribution in [0, 0.1) is 0 Å². The largest absolute Gasteiger partial charge is 0.466 e. The number of amides is 1. The van der Waals surface area contributed by atoms with Crippen molar-refractivity contribution >= 4 is 34.9 Å². The van der Waals surface area contributed by atoms with E-state index >= 15 is 0 Å². The van der Waals surface area contributed by atoms with E-state index in [1.54, 1.807) is 11.9 Å². The van der Waals surface area contributed by atoms with Crippen molar-refractivity contribution in [3.05, 3.63) is 113 Å². The van der Waals surface area contributed by atoms with Gasteiger partial charge in [-0.1, -0.05) is 72.8 Å². The lowest BCUT2D eigenvalue weighted by atomic mass is 9.90. The molecule has 2 N–H and O–H groups in total. The van der Waals surface area contributed by atoms with Crippen molar-refractivity contribution in [1.29, 1.82) is 0 Å². The third-order valence-corrected chi connectivity index (χ3v) is 6.59. The van der Waals surface area contributed by atoms with Gasteiger partial charge in [-0.3, -0.25) is 4.79 Å². The maximum absolute atomic E-state index is 13.4. The van der Waals surface area contributed by atoms with Gasteiger partial charge in [-0.2, -0.15) is 0 Å². The number of carbonyl (C=O) groups excluding carboxylic acids is 2.